The first kappa shape index (κ1) is 23.2. The molecule has 2 nitrogen and oxygen atoms in total. The number of aliphatic carboxylic acids is 1. The topological polar surface area (TPSA) is 37.3 Å². The highest BCUT2D eigenvalue weighted by molar-refractivity contribution is 6.92. The first-order valence-corrected chi connectivity index (χ1v) is 8.99. The molecule has 0 spiro atoms. The van der Waals surface area contributed by atoms with E-state index in [1.54, 1.807) is 0 Å². The molecule has 3 heteroatoms. The van der Waals surface area contributed by atoms with E-state index in [0.717, 1.165) is 12.8 Å². The van der Waals surface area contributed by atoms with Crippen molar-refractivity contribution >= 4 is 15.9 Å². The van der Waals surface area contributed by atoms with Crippen LogP contribution >= 0.6 is 9.90 Å². The Bertz CT molecular complexity index is 199. The van der Waals surface area contributed by atoms with Gasteiger partial charge in [-0.05, 0) is 6.42 Å². The average Bonchev–Trinajstić information content (AvgIpc) is 2.33. The highest BCUT2D eigenvalue weighted by Gasteiger charge is 1.96. The maximum atomic E-state index is 10.3. The molecule has 0 aliphatic heterocycles. The van der Waals surface area contributed by atoms with Gasteiger partial charge in [0.2, 0.25) is 0 Å². The van der Waals surface area contributed by atoms with Gasteiger partial charge in [0, 0.05) is 6.42 Å². The van der Waals surface area contributed by atoms with E-state index in [1.165, 1.54) is 83.5 Å². The second-order valence-electron chi connectivity index (χ2n) is 6.09. The molecule has 0 bridgehead atoms. The van der Waals surface area contributed by atoms with Crippen LogP contribution in [0.1, 0.15) is 110 Å². The minimum atomic E-state index is -0.657. The lowest BCUT2D eigenvalue weighted by Crippen LogP contribution is -1.93. The standard InChI is InChI=1S/C14H28O2.C4H8.H3P/c1-2-3-4-5-6-7-8-9-10-11-12-13-14(15)16;1-2-4-3-1;/h2-13H2,1H3,(H,15,16);1-4H2;1H3. The van der Waals surface area contributed by atoms with Crippen LogP contribution in [0.4, 0.5) is 0 Å². The number of rotatable bonds is 12. The second kappa shape index (κ2) is 19.9. The van der Waals surface area contributed by atoms with Crippen LogP contribution in [0.3, 0.4) is 0 Å². The molecule has 0 aromatic carbocycles. The Labute approximate surface area is 136 Å². The Morgan fingerprint density at radius 3 is 1.33 bits per heavy atom. The summed E-state index contributed by atoms with van der Waals surface area (Å²) in [5.74, 6) is -0.657. The van der Waals surface area contributed by atoms with Crippen molar-refractivity contribution < 1.29 is 9.90 Å². The van der Waals surface area contributed by atoms with Crippen molar-refractivity contribution in [3.8, 4) is 0 Å². The molecule has 1 aliphatic carbocycles. The minimum Gasteiger partial charge on any atom is -0.481 e. The van der Waals surface area contributed by atoms with Gasteiger partial charge in [0.1, 0.15) is 0 Å². The molecule has 1 unspecified atom stereocenters. The maximum Gasteiger partial charge on any atom is 0.303 e. The van der Waals surface area contributed by atoms with Gasteiger partial charge >= 0.3 is 5.97 Å². The van der Waals surface area contributed by atoms with Gasteiger partial charge in [0.15, 0.2) is 0 Å². The summed E-state index contributed by atoms with van der Waals surface area (Å²) >= 11 is 0. The predicted molar refractivity (Wildman–Crippen MR) is 98.3 cm³/mol. The molecule has 128 valence electrons. The highest BCUT2D eigenvalue weighted by atomic mass is 31.0. The highest BCUT2D eigenvalue weighted by Crippen LogP contribution is 2.15. The summed E-state index contributed by atoms with van der Waals surface area (Å²) in [5, 5.41) is 8.46. The zero-order valence-electron chi connectivity index (χ0n) is 14.4. The number of carboxylic acid groups (broad SMARTS) is 1. The van der Waals surface area contributed by atoms with Crippen LogP contribution in [-0.2, 0) is 4.79 Å². The number of hydrogen-bond acceptors (Lipinski definition) is 1. The zero-order valence-corrected chi connectivity index (χ0v) is 15.8. The third-order valence-corrected chi connectivity index (χ3v) is 3.99. The molecule has 21 heavy (non-hydrogen) atoms. The van der Waals surface area contributed by atoms with Gasteiger partial charge in [-0.2, -0.15) is 9.90 Å². The predicted octanol–water partition coefficient (Wildman–Crippen LogP) is 6.39. The molecule has 1 atom stereocenters. The van der Waals surface area contributed by atoms with E-state index in [4.69, 9.17) is 5.11 Å². The van der Waals surface area contributed by atoms with Crippen molar-refractivity contribution in [3.05, 3.63) is 0 Å². The van der Waals surface area contributed by atoms with Gasteiger partial charge in [-0.1, -0.05) is 96.8 Å². The summed E-state index contributed by atoms with van der Waals surface area (Å²) in [6.45, 7) is 2.25. The van der Waals surface area contributed by atoms with Crippen LogP contribution in [0, 0.1) is 0 Å². The van der Waals surface area contributed by atoms with E-state index in [2.05, 4.69) is 6.92 Å². The Kier molecular flexibility index (Phi) is 22.0. The molecule has 1 aliphatic rings. The quantitative estimate of drug-likeness (QED) is 0.334. The monoisotopic (exact) mass is 318 g/mol. The molecule has 1 saturated carbocycles. The van der Waals surface area contributed by atoms with Crippen LogP contribution in [0.2, 0.25) is 0 Å². The summed E-state index contributed by atoms with van der Waals surface area (Å²) in [7, 11) is 0. The van der Waals surface area contributed by atoms with Crippen molar-refractivity contribution in [2.45, 2.75) is 110 Å². The fourth-order valence-corrected chi connectivity index (χ4v) is 2.19. The van der Waals surface area contributed by atoms with Crippen LogP contribution < -0.4 is 0 Å². The van der Waals surface area contributed by atoms with E-state index in [1.807, 2.05) is 0 Å². The maximum absolute atomic E-state index is 10.3. The Morgan fingerprint density at radius 1 is 0.714 bits per heavy atom. The lowest BCUT2D eigenvalue weighted by atomic mass is 10.0. The van der Waals surface area contributed by atoms with E-state index >= 15 is 0 Å². The summed E-state index contributed by atoms with van der Waals surface area (Å²) in [6, 6.07) is 0. The van der Waals surface area contributed by atoms with Crippen molar-refractivity contribution in [1.82, 2.24) is 0 Å². The largest absolute Gasteiger partial charge is 0.481 e. The molecule has 0 aromatic heterocycles. The SMILES string of the molecule is C1CCC1.CCCCCCCCCCCCCC(=O)O.P. The molecule has 0 radical (unpaired) electrons. The van der Waals surface area contributed by atoms with E-state index in [9.17, 15) is 4.79 Å². The molecule has 1 fully saturated rings. The lowest BCUT2D eigenvalue weighted by molar-refractivity contribution is -0.137. The van der Waals surface area contributed by atoms with Gasteiger partial charge in [0.25, 0.3) is 0 Å². The molecule has 1 rings (SSSR count). The van der Waals surface area contributed by atoms with E-state index in [0.29, 0.717) is 6.42 Å². The molecule has 0 saturated heterocycles. The van der Waals surface area contributed by atoms with Gasteiger partial charge < -0.3 is 5.11 Å². The minimum absolute atomic E-state index is 0. The zero-order chi connectivity index (χ0) is 14.9. The van der Waals surface area contributed by atoms with Gasteiger partial charge in [0.05, 0.1) is 0 Å². The van der Waals surface area contributed by atoms with Crippen molar-refractivity contribution in [2.24, 2.45) is 0 Å². The van der Waals surface area contributed by atoms with Crippen LogP contribution in [0.5, 0.6) is 0 Å². The summed E-state index contributed by atoms with van der Waals surface area (Å²) < 4.78 is 0. The fourth-order valence-electron chi connectivity index (χ4n) is 2.19. The molecular weight excluding hydrogens is 279 g/mol. The van der Waals surface area contributed by atoms with E-state index in [-0.39, 0.29) is 9.90 Å². The third kappa shape index (κ3) is 22.3. The number of carboxylic acids is 1. The average molecular weight is 318 g/mol. The Hall–Kier alpha value is -0.100. The molecule has 1 N–H and O–H groups in total. The number of hydrogen-bond donors (Lipinski definition) is 1. The normalized spacial score (nSPS) is 12.6. The van der Waals surface area contributed by atoms with E-state index < -0.39 is 5.97 Å². The Balaban J connectivity index is 0. The third-order valence-electron chi connectivity index (χ3n) is 3.99. The van der Waals surface area contributed by atoms with Crippen LogP contribution in [0.15, 0.2) is 0 Å². The molecule has 0 heterocycles. The van der Waals surface area contributed by atoms with Gasteiger partial charge in [-0.15, -0.1) is 0 Å². The summed E-state index contributed by atoms with van der Waals surface area (Å²) in [5.41, 5.74) is 0. The lowest BCUT2D eigenvalue weighted by Gasteiger charge is -2.05. The molecular formula is C18H39O2P. The smallest absolute Gasteiger partial charge is 0.303 e. The molecule has 0 amide bonds. The van der Waals surface area contributed by atoms with Crippen molar-refractivity contribution in [3.63, 3.8) is 0 Å². The van der Waals surface area contributed by atoms with Crippen LogP contribution in [-0.4, -0.2) is 11.1 Å². The summed E-state index contributed by atoms with van der Waals surface area (Å²) in [4.78, 5) is 10.3. The van der Waals surface area contributed by atoms with Gasteiger partial charge in [-0.25, -0.2) is 0 Å². The fraction of sp³-hybridized carbons (Fsp3) is 0.944. The second-order valence-corrected chi connectivity index (χ2v) is 6.09. The Morgan fingerprint density at radius 2 is 1.05 bits per heavy atom. The van der Waals surface area contributed by atoms with Crippen molar-refractivity contribution in [1.29, 1.82) is 0 Å². The first-order chi connectivity index (χ1) is 9.77. The van der Waals surface area contributed by atoms with Crippen molar-refractivity contribution in [2.75, 3.05) is 0 Å². The number of unbranched alkanes of at least 4 members (excludes halogenated alkanes) is 10. The molecule has 0 aromatic rings. The van der Waals surface area contributed by atoms with Crippen LogP contribution in [0.25, 0.3) is 0 Å². The number of carbonyl (C=O) groups is 1. The first-order valence-electron chi connectivity index (χ1n) is 8.99. The summed E-state index contributed by atoms with van der Waals surface area (Å²) in [6.07, 6.45) is 20.4. The van der Waals surface area contributed by atoms with Gasteiger partial charge in [-0.3, -0.25) is 4.79 Å².